The molecule has 0 unspecified atom stereocenters. The van der Waals surface area contributed by atoms with Crippen molar-refractivity contribution in [3.8, 4) is 33.4 Å². The highest BCUT2D eigenvalue weighted by Crippen LogP contribution is 2.45. The first-order chi connectivity index (χ1) is 27.4. The third-order valence-electron chi connectivity index (χ3n) is 6.93. The molecule has 0 aliphatic rings. The Morgan fingerprint density at radius 3 is 1.43 bits per heavy atom. The van der Waals surface area contributed by atoms with Crippen molar-refractivity contribution in [3.05, 3.63) is 157 Å². The fraction of sp³-hybridized carbons (Fsp3) is 0. The Kier molecular flexibility index (Phi) is 2.56. The molecule has 0 aliphatic carbocycles. The number of benzene rings is 8. The van der Waals surface area contributed by atoms with Crippen molar-refractivity contribution in [2.24, 2.45) is 0 Å². The SMILES string of the molecule is [2H]c1c([2H])c(-c2c3ccccc3c(-c3c([2H])c([2H])c([2H])c4c([2H])c([2H])c([2H])c([2H])c34)c3ccccc23)c([2H])c(-c2c([2H])c([2H])c([2H])c3c([2H])c([2H])c([2H])c([2H])c23)c1[2H]. The molecule has 0 aliphatic heterocycles. The van der Waals surface area contributed by atoms with Crippen LogP contribution in [0.5, 0.6) is 0 Å². The van der Waals surface area contributed by atoms with Crippen LogP contribution in [-0.2, 0) is 0 Å². The summed E-state index contributed by atoms with van der Waals surface area (Å²) in [5.74, 6) is 0. The highest BCUT2D eigenvalue weighted by Gasteiger charge is 2.18. The summed E-state index contributed by atoms with van der Waals surface area (Å²) < 4.78 is 158. The number of hydrogen-bond donors (Lipinski definition) is 0. The van der Waals surface area contributed by atoms with E-state index in [1.165, 1.54) is 0 Å². The fourth-order valence-electron chi connectivity index (χ4n) is 5.26. The van der Waals surface area contributed by atoms with E-state index >= 15 is 0 Å². The normalized spacial score (nSPS) is 17.8. The van der Waals surface area contributed by atoms with Crippen LogP contribution in [0.2, 0.25) is 0 Å². The summed E-state index contributed by atoms with van der Waals surface area (Å²) in [6.07, 6.45) is 0. The molecule has 0 fully saturated rings. The van der Waals surface area contributed by atoms with Crippen LogP contribution in [0.1, 0.15) is 24.7 Å². The van der Waals surface area contributed by atoms with Gasteiger partial charge in [0.05, 0.1) is 24.7 Å². The molecule has 0 saturated heterocycles. The van der Waals surface area contributed by atoms with Gasteiger partial charge in [0.25, 0.3) is 0 Å². The van der Waals surface area contributed by atoms with E-state index in [2.05, 4.69) is 0 Å². The topological polar surface area (TPSA) is 0 Å². The average molecular weight is 525 g/mol. The monoisotopic (exact) mass is 524 g/mol. The van der Waals surface area contributed by atoms with Crippen LogP contribution < -0.4 is 0 Å². The van der Waals surface area contributed by atoms with Gasteiger partial charge in [-0.15, -0.1) is 0 Å². The molecule has 0 N–H and O–H groups in total. The molecule has 40 heavy (non-hydrogen) atoms. The molecule has 0 aromatic heterocycles. The minimum absolute atomic E-state index is 0.0552. The molecule has 0 radical (unpaired) electrons. The molecular weight excluding hydrogens is 480 g/mol. The summed E-state index contributed by atoms with van der Waals surface area (Å²) in [6, 6.07) is 1.84. The second kappa shape index (κ2) is 9.22. The Hall–Kier alpha value is -5.20. The van der Waals surface area contributed by atoms with Gasteiger partial charge in [-0.05, 0) is 82.5 Å². The van der Waals surface area contributed by atoms with Gasteiger partial charge in [0.1, 0.15) is 0 Å². The van der Waals surface area contributed by atoms with E-state index in [0.29, 0.717) is 21.5 Å². The predicted octanol–water partition coefficient (Wildman–Crippen LogP) is 11.3. The minimum Gasteiger partial charge on any atom is -0.0616 e. The molecule has 0 heterocycles. The summed E-state index contributed by atoms with van der Waals surface area (Å²) in [4.78, 5) is 0. The Bertz CT molecular complexity index is 3130. The predicted molar refractivity (Wildman–Crippen MR) is 173 cm³/mol. The molecule has 8 aromatic rings. The minimum atomic E-state index is -0.738. The van der Waals surface area contributed by atoms with E-state index in [1.807, 2.05) is 0 Å². The summed E-state index contributed by atoms with van der Waals surface area (Å²) in [5.41, 5.74) is -0.754. The van der Waals surface area contributed by atoms with Crippen LogP contribution in [0.25, 0.3) is 76.5 Å². The maximum atomic E-state index is 9.71. The zero-order valence-electron chi connectivity index (χ0n) is 38.6. The molecular formula is C40H26. The first kappa shape index (κ1) is 11.1. The second-order valence-corrected chi connectivity index (χ2v) is 9.09. The van der Waals surface area contributed by atoms with E-state index in [0.717, 1.165) is 0 Å². The first-order valence-electron chi connectivity index (χ1n) is 21.4. The van der Waals surface area contributed by atoms with E-state index in [1.54, 1.807) is 48.5 Å². The Labute approximate surface area is 259 Å². The lowest BCUT2D eigenvalue weighted by Crippen LogP contribution is -1.92. The molecule has 0 spiro atoms. The van der Waals surface area contributed by atoms with Gasteiger partial charge >= 0.3 is 0 Å². The van der Waals surface area contributed by atoms with Gasteiger partial charge in [-0.3, -0.25) is 0 Å². The van der Waals surface area contributed by atoms with Gasteiger partial charge in [-0.25, -0.2) is 0 Å². The molecule has 0 amide bonds. The van der Waals surface area contributed by atoms with Crippen molar-refractivity contribution in [3.63, 3.8) is 0 Å². The van der Waals surface area contributed by atoms with Crippen molar-refractivity contribution < 1.29 is 24.7 Å². The number of fused-ring (bicyclic) bond motifs is 4. The van der Waals surface area contributed by atoms with E-state index in [-0.39, 0.29) is 33.0 Å². The van der Waals surface area contributed by atoms with Gasteiger partial charge in [0.15, 0.2) is 0 Å². The standard InChI is InChI=1S/C40H26/c1-3-18-31-27(12-1)14-10-24-33(31)29-16-9-17-30(26-29)39-35-20-5-7-22-37(35)40(38-23-8-6-21-36(38)39)34-25-11-15-28-13-2-4-19-32(28)34/h1-26H/i1D,2D,3D,4D,9D,10D,11D,12D,13D,14D,15D,16D,17D,18D,19D,24D,25D,26D. The summed E-state index contributed by atoms with van der Waals surface area (Å²) in [7, 11) is 0. The third-order valence-corrected chi connectivity index (χ3v) is 6.93. The molecule has 0 saturated carbocycles. The Morgan fingerprint density at radius 2 is 0.800 bits per heavy atom. The van der Waals surface area contributed by atoms with Crippen LogP contribution >= 0.6 is 0 Å². The van der Waals surface area contributed by atoms with Gasteiger partial charge in [0, 0.05) is 0 Å². The highest BCUT2D eigenvalue weighted by molar-refractivity contribution is 6.23. The maximum Gasteiger partial charge on any atom is 0.0636 e. The van der Waals surface area contributed by atoms with Gasteiger partial charge in [-0.2, -0.15) is 0 Å². The molecule has 186 valence electrons. The summed E-state index contributed by atoms with van der Waals surface area (Å²) in [6.45, 7) is 0. The van der Waals surface area contributed by atoms with Crippen molar-refractivity contribution in [2.45, 2.75) is 0 Å². The van der Waals surface area contributed by atoms with Crippen LogP contribution in [0.4, 0.5) is 0 Å². The zero-order chi connectivity index (χ0) is 42.1. The van der Waals surface area contributed by atoms with Crippen molar-refractivity contribution in [1.82, 2.24) is 0 Å². The molecule has 0 nitrogen and oxygen atoms in total. The Balaban J connectivity index is 1.60. The van der Waals surface area contributed by atoms with Crippen LogP contribution in [-0.4, -0.2) is 0 Å². The first-order valence-corrected chi connectivity index (χ1v) is 12.4. The molecule has 8 aromatic carbocycles. The lowest BCUT2D eigenvalue weighted by atomic mass is 9.84. The number of hydrogen-bond acceptors (Lipinski definition) is 0. The molecule has 0 bridgehead atoms. The summed E-state index contributed by atoms with van der Waals surface area (Å²) in [5, 5.41) is 0.104. The Morgan fingerprint density at radius 1 is 0.350 bits per heavy atom. The van der Waals surface area contributed by atoms with Gasteiger partial charge in [-0.1, -0.05) is 151 Å². The van der Waals surface area contributed by atoms with Crippen LogP contribution in [0.15, 0.2) is 157 Å². The maximum absolute atomic E-state index is 9.71. The van der Waals surface area contributed by atoms with Gasteiger partial charge < -0.3 is 0 Å². The van der Waals surface area contributed by atoms with Gasteiger partial charge in [0.2, 0.25) is 0 Å². The van der Waals surface area contributed by atoms with Crippen molar-refractivity contribution in [1.29, 1.82) is 0 Å². The van der Waals surface area contributed by atoms with E-state index in [9.17, 15) is 4.11 Å². The average Bonchev–Trinajstić information content (AvgIpc) is 3.21. The lowest BCUT2D eigenvalue weighted by Gasteiger charge is -2.19. The second-order valence-electron chi connectivity index (χ2n) is 9.09. The molecule has 0 atom stereocenters. The third kappa shape index (κ3) is 3.54. The fourth-order valence-corrected chi connectivity index (χ4v) is 5.26. The smallest absolute Gasteiger partial charge is 0.0616 e. The highest BCUT2D eigenvalue weighted by atomic mass is 14.2. The zero-order valence-corrected chi connectivity index (χ0v) is 20.6. The van der Waals surface area contributed by atoms with E-state index in [4.69, 9.17) is 20.6 Å². The van der Waals surface area contributed by atoms with Crippen LogP contribution in [0, 0.1) is 0 Å². The molecule has 0 heteroatoms. The van der Waals surface area contributed by atoms with E-state index < -0.39 is 131 Å². The molecule has 8 rings (SSSR count). The van der Waals surface area contributed by atoms with Crippen molar-refractivity contribution in [2.75, 3.05) is 0 Å². The number of rotatable bonds is 3. The van der Waals surface area contributed by atoms with Crippen molar-refractivity contribution >= 4 is 43.1 Å². The quantitative estimate of drug-likeness (QED) is 0.202. The summed E-state index contributed by atoms with van der Waals surface area (Å²) >= 11 is 0. The van der Waals surface area contributed by atoms with Crippen LogP contribution in [0.3, 0.4) is 0 Å². The largest absolute Gasteiger partial charge is 0.0636 e. The lowest BCUT2D eigenvalue weighted by molar-refractivity contribution is 1.63.